The van der Waals surface area contributed by atoms with Gasteiger partial charge in [-0.25, -0.2) is 13.9 Å². The first-order valence-corrected chi connectivity index (χ1v) is 12.3. The molecule has 2 amide bonds. The summed E-state index contributed by atoms with van der Waals surface area (Å²) in [4.78, 5) is 15.7. The Labute approximate surface area is 219 Å². The molecule has 1 N–H and O–H groups in total. The van der Waals surface area contributed by atoms with Gasteiger partial charge in [-0.1, -0.05) is 36.4 Å². The first-order chi connectivity index (χ1) is 18.5. The molecular formula is C30H26FN5O2. The van der Waals surface area contributed by atoms with Crippen LogP contribution in [0.2, 0.25) is 0 Å². The Hall–Kier alpha value is -4.85. The molecule has 2 aromatic heterocycles. The number of ether oxygens (including phenoxy) is 1. The fraction of sp³-hybridized carbons (Fsp3) is 0.133. The fourth-order valence-electron chi connectivity index (χ4n) is 5.07. The van der Waals surface area contributed by atoms with E-state index in [1.807, 2.05) is 84.5 Å². The molecule has 38 heavy (non-hydrogen) atoms. The van der Waals surface area contributed by atoms with Crippen molar-refractivity contribution in [2.75, 3.05) is 12.4 Å². The van der Waals surface area contributed by atoms with Gasteiger partial charge in [-0.3, -0.25) is 0 Å². The number of aromatic nitrogens is 3. The maximum Gasteiger partial charge on any atom is 0.322 e. The predicted molar refractivity (Wildman–Crippen MR) is 143 cm³/mol. The van der Waals surface area contributed by atoms with Crippen LogP contribution in [0.1, 0.15) is 28.6 Å². The highest BCUT2D eigenvalue weighted by molar-refractivity contribution is 5.90. The largest absolute Gasteiger partial charge is 0.497 e. The number of methoxy groups -OCH3 is 1. The number of hydrogen-bond acceptors (Lipinski definition) is 3. The lowest BCUT2D eigenvalue weighted by Gasteiger charge is -2.31. The van der Waals surface area contributed by atoms with Gasteiger partial charge < -0.3 is 19.5 Å². The molecule has 6 rings (SSSR count). The van der Waals surface area contributed by atoms with Crippen LogP contribution in [0.5, 0.6) is 5.75 Å². The number of fused-ring (bicyclic) bond motifs is 3. The molecule has 0 unspecified atom stereocenters. The van der Waals surface area contributed by atoms with E-state index in [2.05, 4.69) is 9.88 Å². The second-order valence-electron chi connectivity index (χ2n) is 9.19. The van der Waals surface area contributed by atoms with Crippen LogP contribution in [0.4, 0.5) is 14.9 Å². The van der Waals surface area contributed by atoms with Crippen LogP contribution in [0.15, 0.2) is 97.2 Å². The van der Waals surface area contributed by atoms with Crippen molar-refractivity contribution in [2.45, 2.75) is 19.5 Å². The lowest BCUT2D eigenvalue weighted by atomic mass is 10.0. The Morgan fingerprint density at radius 2 is 1.82 bits per heavy atom. The number of anilines is 1. The van der Waals surface area contributed by atoms with Crippen molar-refractivity contribution in [1.82, 2.24) is 19.2 Å². The predicted octanol–water partition coefficient (Wildman–Crippen LogP) is 6.26. The van der Waals surface area contributed by atoms with Crippen molar-refractivity contribution in [3.8, 4) is 17.3 Å². The van der Waals surface area contributed by atoms with Crippen LogP contribution >= 0.6 is 0 Å². The van der Waals surface area contributed by atoms with Crippen LogP contribution in [0.25, 0.3) is 11.5 Å². The minimum Gasteiger partial charge on any atom is -0.497 e. The average molecular weight is 508 g/mol. The molecule has 3 aromatic carbocycles. The highest BCUT2D eigenvalue weighted by Gasteiger charge is 2.36. The summed E-state index contributed by atoms with van der Waals surface area (Å²) in [5.41, 5.74) is 4.73. The quantitative estimate of drug-likeness (QED) is 0.312. The summed E-state index contributed by atoms with van der Waals surface area (Å²) >= 11 is 0. The fourth-order valence-corrected chi connectivity index (χ4v) is 5.07. The number of benzene rings is 3. The van der Waals surface area contributed by atoms with Crippen molar-refractivity contribution in [2.24, 2.45) is 0 Å². The number of para-hydroxylation sites is 1. The standard InChI is InChI=1S/C30H26FN5O2/c1-20-26-19-35(30(37)32-23-11-7-14-25(18-23)38-2)28(21-9-6-10-22(31)17-21)27-15-8-16-34(27)29(26)36(33-20)24-12-4-3-5-13-24/h3-18,28H,19H2,1-2H3,(H,32,37)/t28-/m1/s1. The maximum atomic E-state index is 14.5. The molecule has 1 aliphatic heterocycles. The number of carbonyl (C=O) groups excluding carboxylic acids is 1. The molecule has 5 aromatic rings. The highest BCUT2D eigenvalue weighted by atomic mass is 19.1. The number of rotatable bonds is 4. The molecular weight excluding hydrogens is 481 g/mol. The minimum absolute atomic E-state index is 0.270. The molecule has 0 saturated heterocycles. The summed E-state index contributed by atoms with van der Waals surface area (Å²) in [6, 6.07) is 26.5. The molecule has 1 atom stereocenters. The topological polar surface area (TPSA) is 64.3 Å². The van der Waals surface area contributed by atoms with E-state index in [-0.39, 0.29) is 18.4 Å². The van der Waals surface area contributed by atoms with Crippen LogP contribution in [-0.2, 0) is 6.54 Å². The number of nitrogens with zero attached hydrogens (tertiary/aromatic N) is 4. The van der Waals surface area contributed by atoms with E-state index in [1.54, 1.807) is 24.1 Å². The Balaban J connectivity index is 1.52. The van der Waals surface area contributed by atoms with Crippen molar-refractivity contribution >= 4 is 11.7 Å². The number of nitrogens with one attached hydrogen (secondary N) is 1. The summed E-state index contributed by atoms with van der Waals surface area (Å²) < 4.78 is 23.8. The zero-order valence-corrected chi connectivity index (χ0v) is 21.0. The second-order valence-corrected chi connectivity index (χ2v) is 9.19. The highest BCUT2D eigenvalue weighted by Crippen LogP contribution is 2.39. The molecule has 1 aliphatic rings. The first-order valence-electron chi connectivity index (χ1n) is 12.3. The Kier molecular flexibility index (Phi) is 5.92. The smallest absolute Gasteiger partial charge is 0.322 e. The summed E-state index contributed by atoms with van der Waals surface area (Å²) in [5, 5.41) is 7.87. The maximum absolute atomic E-state index is 14.5. The van der Waals surface area contributed by atoms with Crippen LogP contribution in [0, 0.1) is 12.7 Å². The third-order valence-corrected chi connectivity index (χ3v) is 6.83. The summed E-state index contributed by atoms with van der Waals surface area (Å²) in [5.74, 6) is 1.13. The molecule has 190 valence electrons. The normalized spacial score (nSPS) is 14.4. The lowest BCUT2D eigenvalue weighted by Crippen LogP contribution is -2.38. The molecule has 0 fully saturated rings. The van der Waals surface area contributed by atoms with Gasteiger partial charge >= 0.3 is 6.03 Å². The zero-order valence-electron chi connectivity index (χ0n) is 21.0. The van der Waals surface area contributed by atoms with E-state index in [4.69, 9.17) is 9.84 Å². The van der Waals surface area contributed by atoms with Gasteiger partial charge in [-0.05, 0) is 61.0 Å². The van der Waals surface area contributed by atoms with Crippen LogP contribution in [-0.4, -0.2) is 32.4 Å². The molecule has 3 heterocycles. The number of urea groups is 1. The minimum atomic E-state index is -0.553. The average Bonchev–Trinajstić information content (AvgIpc) is 3.49. The van der Waals surface area contributed by atoms with Crippen LogP contribution in [0.3, 0.4) is 0 Å². The summed E-state index contributed by atoms with van der Waals surface area (Å²) in [7, 11) is 1.58. The van der Waals surface area contributed by atoms with E-state index >= 15 is 0 Å². The van der Waals surface area contributed by atoms with Gasteiger partial charge in [0.2, 0.25) is 0 Å². The number of halogens is 1. The lowest BCUT2D eigenvalue weighted by molar-refractivity contribution is 0.194. The van der Waals surface area contributed by atoms with Gasteiger partial charge in [0.25, 0.3) is 0 Å². The third kappa shape index (κ3) is 4.10. The number of amides is 2. The summed E-state index contributed by atoms with van der Waals surface area (Å²) in [6.45, 7) is 2.22. The van der Waals surface area contributed by atoms with Gasteiger partial charge in [0.15, 0.2) is 0 Å². The zero-order chi connectivity index (χ0) is 26.2. The number of carbonyl (C=O) groups is 1. The van der Waals surface area contributed by atoms with Gasteiger partial charge in [-0.2, -0.15) is 5.10 Å². The van der Waals surface area contributed by atoms with E-state index in [1.165, 1.54) is 12.1 Å². The van der Waals surface area contributed by atoms with Gasteiger partial charge in [0, 0.05) is 23.5 Å². The summed E-state index contributed by atoms with van der Waals surface area (Å²) in [6.07, 6.45) is 1.96. The SMILES string of the molecule is COc1cccc(NC(=O)N2Cc3c(C)nn(-c4ccccc4)c3-n3cccc3[C@H]2c2cccc(F)c2)c1. The monoisotopic (exact) mass is 507 g/mol. The van der Waals surface area contributed by atoms with Crippen molar-refractivity contribution in [1.29, 1.82) is 0 Å². The van der Waals surface area contributed by atoms with Gasteiger partial charge in [0.1, 0.15) is 17.4 Å². The Morgan fingerprint density at radius 1 is 1.00 bits per heavy atom. The Bertz CT molecular complexity index is 1620. The van der Waals surface area contributed by atoms with E-state index in [0.717, 1.165) is 28.5 Å². The second kappa shape index (κ2) is 9.55. The number of hydrogen-bond donors (Lipinski definition) is 1. The van der Waals surface area contributed by atoms with Crippen molar-refractivity contribution in [3.63, 3.8) is 0 Å². The van der Waals surface area contributed by atoms with Crippen LogP contribution < -0.4 is 10.1 Å². The molecule has 0 spiro atoms. The first kappa shape index (κ1) is 23.5. The molecule has 7 nitrogen and oxygen atoms in total. The van der Waals surface area contributed by atoms with E-state index in [9.17, 15) is 9.18 Å². The molecule has 0 bridgehead atoms. The number of aryl methyl sites for hydroxylation is 1. The van der Waals surface area contributed by atoms with Crippen molar-refractivity contribution < 1.29 is 13.9 Å². The molecule has 0 radical (unpaired) electrons. The molecule has 0 aliphatic carbocycles. The van der Waals surface area contributed by atoms with E-state index in [0.29, 0.717) is 17.0 Å². The third-order valence-electron chi connectivity index (χ3n) is 6.83. The molecule has 8 heteroatoms. The Morgan fingerprint density at radius 3 is 2.61 bits per heavy atom. The van der Waals surface area contributed by atoms with Gasteiger partial charge in [-0.15, -0.1) is 0 Å². The van der Waals surface area contributed by atoms with E-state index < -0.39 is 6.04 Å². The molecule has 0 saturated carbocycles. The van der Waals surface area contributed by atoms with Gasteiger partial charge in [0.05, 0.1) is 36.8 Å². The van der Waals surface area contributed by atoms with Crippen molar-refractivity contribution in [3.05, 3.63) is 126 Å².